The molecule has 1 heterocycles. The largest absolute Gasteiger partial charge is 0.478 e. The number of aromatic nitrogens is 1. The number of carboxylic acids is 1. The van der Waals surface area contributed by atoms with E-state index in [0.29, 0.717) is 28.4 Å². The van der Waals surface area contributed by atoms with E-state index < -0.39 is 5.97 Å². The van der Waals surface area contributed by atoms with Gasteiger partial charge in [0.2, 0.25) is 0 Å². The van der Waals surface area contributed by atoms with E-state index in [9.17, 15) is 4.79 Å². The van der Waals surface area contributed by atoms with Crippen molar-refractivity contribution in [3.05, 3.63) is 64.5 Å². The van der Waals surface area contributed by atoms with Crippen molar-refractivity contribution in [3.8, 4) is 0 Å². The smallest absolute Gasteiger partial charge is 0.335 e. The molecule has 0 spiro atoms. The van der Waals surface area contributed by atoms with E-state index in [2.05, 4.69) is 4.98 Å². The van der Waals surface area contributed by atoms with Gasteiger partial charge in [-0.25, -0.2) is 9.78 Å². The lowest BCUT2D eigenvalue weighted by molar-refractivity contribution is 0.0697. The fourth-order valence-corrected chi connectivity index (χ4v) is 2.09. The van der Waals surface area contributed by atoms with Gasteiger partial charge in [0.05, 0.1) is 5.56 Å². The molecule has 0 unspecified atom stereocenters. The van der Waals surface area contributed by atoms with Gasteiger partial charge in [0.15, 0.2) is 11.5 Å². The van der Waals surface area contributed by atoms with Crippen molar-refractivity contribution in [1.29, 1.82) is 0 Å². The molecule has 100 valence electrons. The third-order valence-corrected chi connectivity index (χ3v) is 3.20. The lowest BCUT2D eigenvalue weighted by Gasteiger charge is -1.96. The maximum atomic E-state index is 10.9. The summed E-state index contributed by atoms with van der Waals surface area (Å²) in [4.78, 5) is 15.2. The van der Waals surface area contributed by atoms with Crippen molar-refractivity contribution in [2.45, 2.75) is 6.42 Å². The van der Waals surface area contributed by atoms with Crippen LogP contribution in [0.2, 0.25) is 5.02 Å². The number of carboxylic acid groups (broad SMARTS) is 1. The Balaban J connectivity index is 1.92. The van der Waals surface area contributed by atoms with E-state index in [1.54, 1.807) is 6.07 Å². The number of rotatable bonds is 3. The van der Waals surface area contributed by atoms with Crippen molar-refractivity contribution in [2.75, 3.05) is 0 Å². The van der Waals surface area contributed by atoms with E-state index in [4.69, 9.17) is 21.1 Å². The summed E-state index contributed by atoms with van der Waals surface area (Å²) in [6.07, 6.45) is 0.536. The van der Waals surface area contributed by atoms with E-state index in [1.165, 1.54) is 12.1 Å². The van der Waals surface area contributed by atoms with Crippen LogP contribution >= 0.6 is 11.6 Å². The maximum Gasteiger partial charge on any atom is 0.335 e. The van der Waals surface area contributed by atoms with Crippen molar-refractivity contribution in [1.82, 2.24) is 4.98 Å². The third-order valence-electron chi connectivity index (χ3n) is 2.95. The predicted octanol–water partition coefficient (Wildman–Crippen LogP) is 3.77. The molecule has 0 aliphatic heterocycles. The molecule has 1 aromatic heterocycles. The molecule has 3 aromatic rings. The number of nitrogens with zero attached hydrogens (tertiary/aromatic N) is 1. The van der Waals surface area contributed by atoms with Crippen LogP contribution in [0.4, 0.5) is 0 Å². The molecule has 0 saturated carbocycles. The summed E-state index contributed by atoms with van der Waals surface area (Å²) < 4.78 is 5.60. The average molecular weight is 288 g/mol. The number of fused-ring (bicyclic) bond motifs is 1. The van der Waals surface area contributed by atoms with Crippen LogP contribution in [-0.2, 0) is 6.42 Å². The molecule has 0 aliphatic rings. The number of aromatic carboxylic acids is 1. The van der Waals surface area contributed by atoms with Gasteiger partial charge in [-0.2, -0.15) is 0 Å². The molecule has 20 heavy (non-hydrogen) atoms. The fraction of sp³-hybridized carbons (Fsp3) is 0.0667. The molecule has 5 heteroatoms. The first kappa shape index (κ1) is 12.7. The van der Waals surface area contributed by atoms with E-state index in [-0.39, 0.29) is 5.56 Å². The zero-order chi connectivity index (χ0) is 14.1. The Kier molecular flexibility index (Phi) is 3.16. The van der Waals surface area contributed by atoms with Gasteiger partial charge in [0.25, 0.3) is 0 Å². The first-order chi connectivity index (χ1) is 9.61. The Morgan fingerprint density at radius 2 is 1.95 bits per heavy atom. The van der Waals surface area contributed by atoms with Gasteiger partial charge < -0.3 is 9.52 Å². The number of carbonyl (C=O) groups is 1. The first-order valence-corrected chi connectivity index (χ1v) is 6.37. The summed E-state index contributed by atoms with van der Waals surface area (Å²) in [5.41, 5.74) is 2.36. The first-order valence-electron chi connectivity index (χ1n) is 5.99. The summed E-state index contributed by atoms with van der Waals surface area (Å²) in [5.74, 6) is -0.431. The zero-order valence-corrected chi connectivity index (χ0v) is 11.1. The summed E-state index contributed by atoms with van der Waals surface area (Å²) >= 11 is 5.83. The Morgan fingerprint density at radius 3 is 2.65 bits per heavy atom. The van der Waals surface area contributed by atoms with Gasteiger partial charge in [-0.15, -0.1) is 0 Å². The number of oxazole rings is 1. The molecule has 0 bridgehead atoms. The second-order valence-corrected chi connectivity index (χ2v) is 4.83. The zero-order valence-electron chi connectivity index (χ0n) is 10.3. The summed E-state index contributed by atoms with van der Waals surface area (Å²) in [5, 5.41) is 9.62. The molecule has 0 fully saturated rings. The van der Waals surface area contributed by atoms with Crippen LogP contribution in [0.25, 0.3) is 11.1 Å². The summed E-state index contributed by atoms with van der Waals surface area (Å²) in [6.45, 7) is 0. The van der Waals surface area contributed by atoms with E-state index >= 15 is 0 Å². The highest BCUT2D eigenvalue weighted by Crippen LogP contribution is 2.20. The Labute approximate surface area is 119 Å². The third kappa shape index (κ3) is 2.51. The highest BCUT2D eigenvalue weighted by molar-refractivity contribution is 6.30. The van der Waals surface area contributed by atoms with E-state index in [0.717, 1.165) is 5.56 Å². The molecule has 0 radical (unpaired) electrons. The van der Waals surface area contributed by atoms with Gasteiger partial charge in [0.1, 0.15) is 5.52 Å². The molecule has 0 atom stereocenters. The van der Waals surface area contributed by atoms with Crippen LogP contribution in [0.3, 0.4) is 0 Å². The highest BCUT2D eigenvalue weighted by atomic mass is 35.5. The predicted molar refractivity (Wildman–Crippen MR) is 75.2 cm³/mol. The van der Waals surface area contributed by atoms with Gasteiger partial charge in [-0.05, 0) is 35.9 Å². The van der Waals surface area contributed by atoms with Crippen LogP contribution < -0.4 is 0 Å². The quantitative estimate of drug-likeness (QED) is 0.796. The average Bonchev–Trinajstić information content (AvgIpc) is 2.82. The minimum Gasteiger partial charge on any atom is -0.478 e. The molecule has 0 saturated heterocycles. The SMILES string of the molecule is O=C(O)c1ccc2oc(Cc3ccc(Cl)cc3)nc2c1. The number of benzene rings is 2. The number of hydrogen-bond donors (Lipinski definition) is 1. The molecule has 4 nitrogen and oxygen atoms in total. The molecule has 0 amide bonds. The van der Waals surface area contributed by atoms with Crippen molar-refractivity contribution in [2.24, 2.45) is 0 Å². The minimum absolute atomic E-state index is 0.198. The lowest BCUT2D eigenvalue weighted by atomic mass is 10.1. The maximum absolute atomic E-state index is 10.9. The second-order valence-electron chi connectivity index (χ2n) is 4.40. The highest BCUT2D eigenvalue weighted by Gasteiger charge is 2.10. The monoisotopic (exact) mass is 287 g/mol. The summed E-state index contributed by atoms with van der Waals surface area (Å²) in [7, 11) is 0. The Morgan fingerprint density at radius 1 is 1.20 bits per heavy atom. The molecule has 3 rings (SSSR count). The van der Waals surface area contributed by atoms with Gasteiger partial charge in [-0.3, -0.25) is 0 Å². The van der Waals surface area contributed by atoms with Crippen molar-refractivity contribution < 1.29 is 14.3 Å². The van der Waals surface area contributed by atoms with Crippen LogP contribution in [0.1, 0.15) is 21.8 Å². The van der Waals surface area contributed by atoms with Crippen molar-refractivity contribution >= 4 is 28.7 Å². The standard InChI is InChI=1S/C15H10ClNO3/c16-11-4-1-9(2-5-11)7-14-17-12-8-10(15(18)19)3-6-13(12)20-14/h1-6,8H,7H2,(H,18,19). The van der Waals surface area contributed by atoms with Crippen LogP contribution in [-0.4, -0.2) is 16.1 Å². The topological polar surface area (TPSA) is 63.3 Å². The minimum atomic E-state index is -0.978. The molecular formula is C15H10ClNO3. The van der Waals surface area contributed by atoms with Crippen LogP contribution in [0, 0.1) is 0 Å². The van der Waals surface area contributed by atoms with Crippen LogP contribution in [0.5, 0.6) is 0 Å². The second kappa shape index (κ2) is 4.98. The number of halogens is 1. The normalized spacial score (nSPS) is 10.8. The lowest BCUT2D eigenvalue weighted by Crippen LogP contribution is -1.94. The number of hydrogen-bond acceptors (Lipinski definition) is 3. The van der Waals surface area contributed by atoms with E-state index in [1.807, 2.05) is 24.3 Å². The van der Waals surface area contributed by atoms with Gasteiger partial charge >= 0.3 is 5.97 Å². The molecule has 1 N–H and O–H groups in total. The van der Waals surface area contributed by atoms with Crippen LogP contribution in [0.15, 0.2) is 46.9 Å². The van der Waals surface area contributed by atoms with Gasteiger partial charge in [0, 0.05) is 11.4 Å². The fourth-order valence-electron chi connectivity index (χ4n) is 1.96. The Hall–Kier alpha value is -2.33. The van der Waals surface area contributed by atoms with Crippen molar-refractivity contribution in [3.63, 3.8) is 0 Å². The van der Waals surface area contributed by atoms with Gasteiger partial charge in [-0.1, -0.05) is 23.7 Å². The molecular weight excluding hydrogens is 278 g/mol. The Bertz CT molecular complexity index is 777. The molecule has 0 aliphatic carbocycles. The molecule has 2 aromatic carbocycles. The summed E-state index contributed by atoms with van der Waals surface area (Å²) in [6, 6.07) is 12.1.